The van der Waals surface area contributed by atoms with Crippen molar-refractivity contribution in [2.24, 2.45) is 5.92 Å². The maximum atomic E-state index is 12.7. The molecule has 4 nitrogen and oxygen atoms in total. The minimum Gasteiger partial charge on any atom is -0.326 e. The Morgan fingerprint density at radius 1 is 1.16 bits per heavy atom. The number of aryl methyl sites for hydroxylation is 1. The van der Waals surface area contributed by atoms with E-state index in [0.29, 0.717) is 6.54 Å². The maximum Gasteiger partial charge on any atom is 0.229 e. The van der Waals surface area contributed by atoms with Gasteiger partial charge in [-0.3, -0.25) is 9.59 Å². The first kappa shape index (κ1) is 17.7. The quantitative estimate of drug-likeness (QED) is 0.831. The summed E-state index contributed by atoms with van der Waals surface area (Å²) in [5.41, 5.74) is 4.88. The smallest absolute Gasteiger partial charge is 0.229 e. The molecule has 1 heterocycles. The normalized spacial score (nSPS) is 17.0. The second-order valence-electron chi connectivity index (χ2n) is 6.58. The number of carbonyl (C=O) groups excluding carboxylic acids is 2. The van der Waals surface area contributed by atoms with E-state index in [-0.39, 0.29) is 24.2 Å². The van der Waals surface area contributed by atoms with Gasteiger partial charge >= 0.3 is 0 Å². The summed E-state index contributed by atoms with van der Waals surface area (Å²) in [5.74, 6) is -0.445. The van der Waals surface area contributed by atoms with Crippen LogP contribution in [0.3, 0.4) is 0 Å². The zero-order chi connectivity index (χ0) is 18.1. The Labute approximate surface area is 156 Å². The molecule has 1 aliphatic heterocycles. The summed E-state index contributed by atoms with van der Waals surface area (Å²) in [6.45, 7) is 6.40. The SMILES string of the molecule is Cc1cccc(N2C[C@@H](C(=O)Nc3ccc(Br)c(C)c3C)CC2=O)c1. The van der Waals surface area contributed by atoms with Crippen molar-refractivity contribution < 1.29 is 9.59 Å². The Hall–Kier alpha value is -2.14. The van der Waals surface area contributed by atoms with Gasteiger partial charge < -0.3 is 10.2 Å². The standard InChI is InChI=1S/C20H21BrN2O2/c1-12-5-4-6-16(9-12)23-11-15(10-19(23)24)20(25)22-18-8-7-17(21)13(2)14(18)3/h4-9,15H,10-11H2,1-3H3,(H,22,25)/t15-/m0/s1. The number of carbonyl (C=O) groups is 2. The third-order valence-electron chi connectivity index (χ3n) is 4.79. The van der Waals surface area contributed by atoms with Crippen molar-refractivity contribution >= 4 is 39.1 Å². The summed E-state index contributed by atoms with van der Waals surface area (Å²) in [6, 6.07) is 11.6. The molecule has 1 aliphatic rings. The third kappa shape index (κ3) is 3.61. The molecule has 0 aromatic heterocycles. The second-order valence-corrected chi connectivity index (χ2v) is 7.43. The highest BCUT2D eigenvalue weighted by Gasteiger charge is 2.35. The molecule has 0 aliphatic carbocycles. The molecule has 0 radical (unpaired) electrons. The van der Waals surface area contributed by atoms with Crippen molar-refractivity contribution in [1.29, 1.82) is 0 Å². The van der Waals surface area contributed by atoms with Crippen LogP contribution < -0.4 is 10.2 Å². The molecule has 0 bridgehead atoms. The molecule has 1 atom stereocenters. The monoisotopic (exact) mass is 400 g/mol. The molecular formula is C20H21BrN2O2. The lowest BCUT2D eigenvalue weighted by Gasteiger charge is -2.18. The van der Waals surface area contributed by atoms with E-state index in [1.807, 2.05) is 57.2 Å². The highest BCUT2D eigenvalue weighted by molar-refractivity contribution is 9.10. The zero-order valence-electron chi connectivity index (χ0n) is 14.6. The Morgan fingerprint density at radius 3 is 2.64 bits per heavy atom. The van der Waals surface area contributed by atoms with Crippen LogP contribution in [0.2, 0.25) is 0 Å². The zero-order valence-corrected chi connectivity index (χ0v) is 16.2. The first-order chi connectivity index (χ1) is 11.9. The minimum absolute atomic E-state index is 0.00513. The highest BCUT2D eigenvalue weighted by Crippen LogP contribution is 2.29. The van der Waals surface area contributed by atoms with E-state index in [4.69, 9.17) is 0 Å². The van der Waals surface area contributed by atoms with Gasteiger partial charge in [-0.05, 0) is 61.7 Å². The van der Waals surface area contributed by atoms with Crippen LogP contribution >= 0.6 is 15.9 Å². The summed E-state index contributed by atoms with van der Waals surface area (Å²) in [4.78, 5) is 26.7. The van der Waals surface area contributed by atoms with Crippen LogP contribution in [-0.4, -0.2) is 18.4 Å². The molecule has 1 fully saturated rings. The summed E-state index contributed by atoms with van der Waals surface area (Å²) >= 11 is 3.50. The van der Waals surface area contributed by atoms with Gasteiger partial charge in [0.1, 0.15) is 0 Å². The lowest BCUT2D eigenvalue weighted by molar-refractivity contribution is -0.122. The molecule has 130 valence electrons. The summed E-state index contributed by atoms with van der Waals surface area (Å²) in [7, 11) is 0. The number of amides is 2. The van der Waals surface area contributed by atoms with Gasteiger partial charge in [0.25, 0.3) is 0 Å². The lowest BCUT2D eigenvalue weighted by Crippen LogP contribution is -2.28. The molecule has 0 unspecified atom stereocenters. The fourth-order valence-electron chi connectivity index (χ4n) is 3.09. The number of benzene rings is 2. The van der Waals surface area contributed by atoms with Gasteiger partial charge in [-0.1, -0.05) is 28.1 Å². The van der Waals surface area contributed by atoms with Crippen LogP contribution in [0.5, 0.6) is 0 Å². The Kier molecular flexibility index (Phi) is 4.95. The largest absolute Gasteiger partial charge is 0.326 e. The van der Waals surface area contributed by atoms with Crippen LogP contribution in [0.25, 0.3) is 0 Å². The average molecular weight is 401 g/mol. The number of rotatable bonds is 3. The molecule has 5 heteroatoms. The van der Waals surface area contributed by atoms with Crippen molar-refractivity contribution in [3.8, 4) is 0 Å². The van der Waals surface area contributed by atoms with E-state index in [2.05, 4.69) is 21.2 Å². The van der Waals surface area contributed by atoms with E-state index >= 15 is 0 Å². The molecular weight excluding hydrogens is 380 g/mol. The number of halogens is 1. The van der Waals surface area contributed by atoms with Crippen molar-refractivity contribution in [3.63, 3.8) is 0 Å². The van der Waals surface area contributed by atoms with Gasteiger partial charge in [-0.15, -0.1) is 0 Å². The minimum atomic E-state index is -0.337. The van der Waals surface area contributed by atoms with Crippen molar-refractivity contribution in [1.82, 2.24) is 0 Å². The van der Waals surface area contributed by atoms with E-state index in [0.717, 1.165) is 32.5 Å². The van der Waals surface area contributed by atoms with Gasteiger partial charge in [0.15, 0.2) is 0 Å². The Bertz CT molecular complexity index is 848. The van der Waals surface area contributed by atoms with Crippen molar-refractivity contribution in [2.45, 2.75) is 27.2 Å². The van der Waals surface area contributed by atoms with E-state index in [9.17, 15) is 9.59 Å². The predicted octanol–water partition coefficient (Wildman–Crippen LogP) is 4.37. The van der Waals surface area contributed by atoms with Crippen LogP contribution in [0, 0.1) is 26.7 Å². The second kappa shape index (κ2) is 7.00. The van der Waals surface area contributed by atoms with E-state index in [1.54, 1.807) is 4.90 Å². The summed E-state index contributed by atoms with van der Waals surface area (Å²) < 4.78 is 1.02. The molecule has 2 aromatic rings. The topological polar surface area (TPSA) is 49.4 Å². The van der Waals surface area contributed by atoms with Gasteiger partial charge in [-0.2, -0.15) is 0 Å². The number of hydrogen-bond donors (Lipinski definition) is 1. The fraction of sp³-hybridized carbons (Fsp3) is 0.300. The van der Waals surface area contributed by atoms with Gasteiger partial charge in [-0.25, -0.2) is 0 Å². The van der Waals surface area contributed by atoms with E-state index in [1.165, 1.54) is 0 Å². The van der Waals surface area contributed by atoms with Gasteiger partial charge in [0.2, 0.25) is 11.8 Å². The maximum absolute atomic E-state index is 12.7. The molecule has 3 rings (SSSR count). The average Bonchev–Trinajstić information content (AvgIpc) is 2.97. The molecule has 1 saturated heterocycles. The Balaban J connectivity index is 1.74. The first-order valence-corrected chi connectivity index (χ1v) is 9.09. The van der Waals surface area contributed by atoms with Crippen LogP contribution in [0.1, 0.15) is 23.1 Å². The summed E-state index contributed by atoms with van der Waals surface area (Å²) in [6.07, 6.45) is 0.244. The first-order valence-electron chi connectivity index (χ1n) is 8.30. The fourth-order valence-corrected chi connectivity index (χ4v) is 3.52. The van der Waals surface area contributed by atoms with Crippen LogP contribution in [0.15, 0.2) is 40.9 Å². The molecule has 25 heavy (non-hydrogen) atoms. The molecule has 2 aromatic carbocycles. The van der Waals surface area contributed by atoms with Crippen LogP contribution in [-0.2, 0) is 9.59 Å². The third-order valence-corrected chi connectivity index (χ3v) is 5.65. The number of hydrogen-bond acceptors (Lipinski definition) is 2. The molecule has 0 spiro atoms. The predicted molar refractivity (Wildman–Crippen MR) is 104 cm³/mol. The molecule has 1 N–H and O–H groups in total. The van der Waals surface area contributed by atoms with Crippen molar-refractivity contribution in [2.75, 3.05) is 16.8 Å². The van der Waals surface area contributed by atoms with Crippen molar-refractivity contribution in [3.05, 3.63) is 57.6 Å². The van der Waals surface area contributed by atoms with Crippen LogP contribution in [0.4, 0.5) is 11.4 Å². The van der Waals surface area contributed by atoms with Gasteiger partial charge in [0.05, 0.1) is 5.92 Å². The number of nitrogens with one attached hydrogen (secondary N) is 1. The van der Waals surface area contributed by atoms with Gasteiger partial charge in [0, 0.05) is 28.8 Å². The lowest BCUT2D eigenvalue weighted by atomic mass is 10.1. The molecule has 0 saturated carbocycles. The molecule has 2 amide bonds. The van der Waals surface area contributed by atoms with E-state index < -0.39 is 0 Å². The highest BCUT2D eigenvalue weighted by atomic mass is 79.9. The number of nitrogens with zero attached hydrogens (tertiary/aromatic N) is 1. The number of anilines is 2. The summed E-state index contributed by atoms with van der Waals surface area (Å²) in [5, 5.41) is 2.99. The Morgan fingerprint density at radius 2 is 1.92 bits per heavy atom.